The zero-order valence-electron chi connectivity index (χ0n) is 10.0. The lowest BCUT2D eigenvalue weighted by atomic mass is 10.0. The Balaban J connectivity index is 2.11. The van der Waals surface area contributed by atoms with Crippen molar-refractivity contribution in [3.63, 3.8) is 0 Å². The van der Waals surface area contributed by atoms with E-state index in [9.17, 15) is 4.79 Å². The summed E-state index contributed by atoms with van der Waals surface area (Å²) in [6.07, 6.45) is 1.95. The maximum absolute atomic E-state index is 10.8. The summed E-state index contributed by atoms with van der Waals surface area (Å²) in [5, 5.41) is 3.28. The lowest BCUT2D eigenvalue weighted by Gasteiger charge is -2.16. The van der Waals surface area contributed by atoms with E-state index in [-0.39, 0.29) is 11.9 Å². The van der Waals surface area contributed by atoms with Crippen LogP contribution in [0.5, 0.6) is 0 Å². The Bertz CT molecular complexity index is 480. The van der Waals surface area contributed by atoms with E-state index in [4.69, 9.17) is 10.2 Å². The summed E-state index contributed by atoms with van der Waals surface area (Å²) in [4.78, 5) is 10.8. The third-order valence-electron chi connectivity index (χ3n) is 2.68. The van der Waals surface area contributed by atoms with E-state index < -0.39 is 0 Å². The predicted octanol–water partition coefficient (Wildman–Crippen LogP) is 1.83. The van der Waals surface area contributed by atoms with E-state index in [2.05, 4.69) is 5.32 Å². The van der Waals surface area contributed by atoms with Gasteiger partial charge in [-0.15, -0.1) is 0 Å². The van der Waals surface area contributed by atoms with Gasteiger partial charge in [0.15, 0.2) is 0 Å². The van der Waals surface area contributed by atoms with Crippen LogP contribution in [0.1, 0.15) is 23.8 Å². The van der Waals surface area contributed by atoms with Crippen LogP contribution in [0.15, 0.2) is 53.1 Å². The number of hydrogen-bond donors (Lipinski definition) is 2. The van der Waals surface area contributed by atoms with Crippen molar-refractivity contribution in [1.82, 2.24) is 5.32 Å². The van der Waals surface area contributed by atoms with Crippen LogP contribution in [0.3, 0.4) is 0 Å². The summed E-state index contributed by atoms with van der Waals surface area (Å²) in [6.45, 7) is 0.523. The van der Waals surface area contributed by atoms with Gasteiger partial charge in [-0.3, -0.25) is 4.79 Å². The zero-order valence-corrected chi connectivity index (χ0v) is 10.0. The van der Waals surface area contributed by atoms with Gasteiger partial charge in [-0.1, -0.05) is 30.3 Å². The minimum absolute atomic E-state index is 0.0550. The Hall–Kier alpha value is -2.07. The molecule has 1 heterocycles. The number of primary amides is 1. The number of hydrogen-bond acceptors (Lipinski definition) is 3. The van der Waals surface area contributed by atoms with E-state index in [0.29, 0.717) is 13.0 Å². The summed E-state index contributed by atoms with van der Waals surface area (Å²) in [5.41, 5.74) is 6.23. The molecular formula is C14H16N2O2. The molecule has 0 aliphatic carbocycles. The zero-order chi connectivity index (χ0) is 12.8. The van der Waals surface area contributed by atoms with Crippen LogP contribution < -0.4 is 11.1 Å². The fourth-order valence-corrected chi connectivity index (χ4v) is 1.82. The highest BCUT2D eigenvalue weighted by atomic mass is 16.3. The summed E-state index contributed by atoms with van der Waals surface area (Å²) in [5.74, 6) is 0.513. The molecule has 0 bridgehead atoms. The molecule has 1 aromatic carbocycles. The Kier molecular flexibility index (Phi) is 4.15. The monoisotopic (exact) mass is 244 g/mol. The second-order valence-electron chi connectivity index (χ2n) is 4.03. The molecule has 0 fully saturated rings. The normalized spacial score (nSPS) is 12.2. The molecule has 0 saturated carbocycles. The number of rotatable bonds is 6. The van der Waals surface area contributed by atoms with Crippen LogP contribution in [0, 0.1) is 0 Å². The van der Waals surface area contributed by atoms with Crippen LogP contribution in [0.2, 0.25) is 0 Å². The van der Waals surface area contributed by atoms with Crippen LogP contribution in [-0.4, -0.2) is 12.5 Å². The lowest BCUT2D eigenvalue weighted by Crippen LogP contribution is -2.26. The van der Waals surface area contributed by atoms with Crippen LogP contribution in [0.25, 0.3) is 0 Å². The minimum atomic E-state index is -0.311. The van der Waals surface area contributed by atoms with Gasteiger partial charge in [-0.2, -0.15) is 0 Å². The van der Waals surface area contributed by atoms with Crippen molar-refractivity contribution in [2.75, 3.05) is 6.54 Å². The van der Waals surface area contributed by atoms with Crippen molar-refractivity contribution in [1.29, 1.82) is 0 Å². The number of carbonyl (C=O) groups excluding carboxylic acids is 1. The fraction of sp³-hybridized carbons (Fsp3) is 0.214. The molecule has 2 rings (SSSR count). The highest BCUT2D eigenvalue weighted by Crippen LogP contribution is 2.21. The summed E-state index contributed by atoms with van der Waals surface area (Å²) in [7, 11) is 0. The van der Waals surface area contributed by atoms with E-state index in [1.165, 1.54) is 0 Å². The van der Waals surface area contributed by atoms with Gasteiger partial charge in [-0.25, -0.2) is 0 Å². The lowest BCUT2D eigenvalue weighted by molar-refractivity contribution is -0.117. The van der Waals surface area contributed by atoms with Crippen LogP contribution >= 0.6 is 0 Å². The van der Waals surface area contributed by atoms with Gasteiger partial charge in [-0.05, 0) is 17.7 Å². The van der Waals surface area contributed by atoms with Gasteiger partial charge in [0.05, 0.1) is 12.3 Å². The van der Waals surface area contributed by atoms with Gasteiger partial charge in [0.1, 0.15) is 5.76 Å². The van der Waals surface area contributed by atoms with Crippen LogP contribution in [0.4, 0.5) is 0 Å². The standard InChI is InChI=1S/C14H16N2O2/c15-13(17)8-9-16-14(12-7-4-10-18-12)11-5-2-1-3-6-11/h1-7,10,14,16H,8-9H2,(H2,15,17). The number of benzene rings is 1. The van der Waals surface area contributed by atoms with Crippen molar-refractivity contribution in [3.8, 4) is 0 Å². The van der Waals surface area contributed by atoms with Crippen molar-refractivity contribution in [2.45, 2.75) is 12.5 Å². The summed E-state index contributed by atoms with van der Waals surface area (Å²) < 4.78 is 5.43. The molecule has 0 radical (unpaired) electrons. The van der Waals surface area contributed by atoms with Crippen molar-refractivity contribution >= 4 is 5.91 Å². The van der Waals surface area contributed by atoms with E-state index in [0.717, 1.165) is 11.3 Å². The Morgan fingerprint density at radius 1 is 1.22 bits per heavy atom. The highest BCUT2D eigenvalue weighted by Gasteiger charge is 2.15. The molecule has 94 valence electrons. The maximum Gasteiger partial charge on any atom is 0.218 e. The quantitative estimate of drug-likeness (QED) is 0.814. The smallest absolute Gasteiger partial charge is 0.218 e. The first-order valence-electron chi connectivity index (χ1n) is 5.87. The molecule has 0 saturated heterocycles. The summed E-state index contributed by atoms with van der Waals surface area (Å²) >= 11 is 0. The topological polar surface area (TPSA) is 68.3 Å². The van der Waals surface area contributed by atoms with Gasteiger partial charge in [0.2, 0.25) is 5.91 Å². The van der Waals surface area contributed by atoms with Gasteiger partial charge in [0, 0.05) is 13.0 Å². The molecule has 4 nitrogen and oxygen atoms in total. The molecule has 18 heavy (non-hydrogen) atoms. The number of furan rings is 1. The molecule has 0 spiro atoms. The van der Waals surface area contributed by atoms with Gasteiger partial charge < -0.3 is 15.5 Å². The van der Waals surface area contributed by atoms with E-state index in [1.807, 2.05) is 42.5 Å². The Labute approximate surface area is 106 Å². The van der Waals surface area contributed by atoms with Crippen molar-refractivity contribution in [2.24, 2.45) is 5.73 Å². The number of nitrogens with one attached hydrogen (secondary N) is 1. The average Bonchev–Trinajstić information content (AvgIpc) is 2.89. The molecule has 4 heteroatoms. The maximum atomic E-state index is 10.8. The van der Waals surface area contributed by atoms with Gasteiger partial charge in [0.25, 0.3) is 0 Å². The second-order valence-corrected chi connectivity index (χ2v) is 4.03. The molecule has 0 aliphatic rings. The molecule has 1 aromatic heterocycles. The molecule has 1 atom stereocenters. The largest absolute Gasteiger partial charge is 0.467 e. The van der Waals surface area contributed by atoms with Crippen molar-refractivity contribution < 1.29 is 9.21 Å². The van der Waals surface area contributed by atoms with Crippen molar-refractivity contribution in [3.05, 3.63) is 60.1 Å². The Morgan fingerprint density at radius 3 is 2.61 bits per heavy atom. The number of amides is 1. The Morgan fingerprint density at radius 2 is 2.00 bits per heavy atom. The molecule has 2 aromatic rings. The molecule has 3 N–H and O–H groups in total. The molecule has 1 amide bonds. The first-order chi connectivity index (χ1) is 8.77. The first kappa shape index (κ1) is 12.4. The fourth-order valence-electron chi connectivity index (χ4n) is 1.82. The average molecular weight is 244 g/mol. The number of carbonyl (C=O) groups is 1. The molecular weight excluding hydrogens is 228 g/mol. The predicted molar refractivity (Wildman–Crippen MR) is 68.8 cm³/mol. The summed E-state index contributed by atoms with van der Waals surface area (Å²) in [6, 6.07) is 13.7. The minimum Gasteiger partial charge on any atom is -0.467 e. The molecule has 1 unspecified atom stereocenters. The first-order valence-corrected chi connectivity index (χ1v) is 5.87. The van der Waals surface area contributed by atoms with E-state index >= 15 is 0 Å². The molecule has 0 aliphatic heterocycles. The second kappa shape index (κ2) is 6.02. The van der Waals surface area contributed by atoms with Gasteiger partial charge >= 0.3 is 0 Å². The SMILES string of the molecule is NC(=O)CCNC(c1ccccc1)c1ccco1. The third kappa shape index (κ3) is 3.21. The number of nitrogens with two attached hydrogens (primary N) is 1. The van der Waals surface area contributed by atoms with E-state index in [1.54, 1.807) is 6.26 Å². The third-order valence-corrected chi connectivity index (χ3v) is 2.68. The van der Waals surface area contributed by atoms with Crippen LogP contribution in [-0.2, 0) is 4.79 Å². The highest BCUT2D eigenvalue weighted by molar-refractivity contribution is 5.73.